The Morgan fingerprint density at radius 3 is 1.84 bits per heavy atom. The molecule has 1 atom stereocenters. The van der Waals surface area contributed by atoms with E-state index in [0.717, 1.165) is 0 Å². The van der Waals surface area contributed by atoms with Gasteiger partial charge in [-0.15, -0.1) is 5.16 Å². The molecule has 0 amide bonds. The Morgan fingerprint density at radius 2 is 1.53 bits per heavy atom. The van der Waals surface area contributed by atoms with Crippen LogP contribution in [0.5, 0.6) is 0 Å². The molecule has 0 aliphatic rings. The second-order valence-corrected chi connectivity index (χ2v) is 4.13. The molecule has 114 valence electrons. The summed E-state index contributed by atoms with van der Waals surface area (Å²) in [4.78, 5) is 0. The van der Waals surface area contributed by atoms with Gasteiger partial charge < -0.3 is 10.3 Å². The van der Waals surface area contributed by atoms with Crippen molar-refractivity contribution < 1.29 is 36.7 Å². The third-order valence-electron chi connectivity index (χ3n) is 2.77. The summed E-state index contributed by atoms with van der Waals surface area (Å²) in [5, 5.41) is 19.6. The summed E-state index contributed by atoms with van der Waals surface area (Å²) in [6.07, 6.45) is -11.3. The van der Waals surface area contributed by atoms with E-state index in [0.29, 0.717) is 12.8 Å². The molecule has 1 unspecified atom stereocenters. The molecule has 9 heteroatoms. The van der Waals surface area contributed by atoms with Gasteiger partial charge in [-0.3, -0.25) is 0 Å². The number of hydrogen-bond donors (Lipinski definition) is 2. The number of oxime groups is 1. The van der Waals surface area contributed by atoms with Crippen molar-refractivity contribution in [2.75, 3.05) is 0 Å². The van der Waals surface area contributed by atoms with Crippen molar-refractivity contribution in [3.8, 4) is 0 Å². The summed E-state index contributed by atoms with van der Waals surface area (Å²) in [6.45, 7) is 1.72. The molecule has 0 aromatic heterocycles. The van der Waals surface area contributed by atoms with Crippen LogP contribution in [-0.4, -0.2) is 34.5 Å². The maximum Gasteiger partial charge on any atom is 0.426 e. The van der Waals surface area contributed by atoms with Crippen molar-refractivity contribution in [2.45, 2.75) is 50.6 Å². The predicted octanol–water partition coefficient (Wildman–Crippen LogP) is 3.50. The highest BCUT2D eigenvalue weighted by Crippen LogP contribution is 2.48. The first-order valence-corrected chi connectivity index (χ1v) is 5.55. The molecule has 0 fully saturated rings. The van der Waals surface area contributed by atoms with Gasteiger partial charge in [0.1, 0.15) is 0 Å². The standard InChI is InChI=1S/C10H15F6NO2/c1-2-3-4-5-7(6-17-19)8(18,9(11,12)13)10(14,15)16/h6-7,18-19H,2-5H2,1H3/b17-6-. The van der Waals surface area contributed by atoms with Crippen molar-refractivity contribution in [2.24, 2.45) is 11.1 Å². The molecular weight excluding hydrogens is 280 g/mol. The van der Waals surface area contributed by atoms with Crippen LogP contribution in [0.1, 0.15) is 32.6 Å². The number of nitrogens with zero attached hydrogens (tertiary/aromatic N) is 1. The SMILES string of the molecule is CCCCCC(/C=N\O)C(O)(C(F)(F)F)C(F)(F)F. The predicted molar refractivity (Wildman–Crippen MR) is 55.0 cm³/mol. The Bertz CT molecular complexity index is 285. The van der Waals surface area contributed by atoms with Crippen LogP contribution in [0.15, 0.2) is 5.16 Å². The van der Waals surface area contributed by atoms with Gasteiger partial charge in [0.15, 0.2) is 0 Å². The molecule has 0 saturated heterocycles. The summed E-state index contributed by atoms with van der Waals surface area (Å²) in [6, 6.07) is 0. The van der Waals surface area contributed by atoms with E-state index in [1.807, 2.05) is 0 Å². The molecule has 0 rings (SSSR count). The van der Waals surface area contributed by atoms with Crippen LogP contribution < -0.4 is 0 Å². The minimum Gasteiger partial charge on any atom is -0.411 e. The minimum atomic E-state index is -5.91. The molecule has 3 nitrogen and oxygen atoms in total. The maximum atomic E-state index is 12.6. The zero-order valence-corrected chi connectivity index (χ0v) is 10.1. The van der Waals surface area contributed by atoms with Crippen molar-refractivity contribution in [3.63, 3.8) is 0 Å². The van der Waals surface area contributed by atoms with E-state index in [2.05, 4.69) is 5.16 Å². The fourth-order valence-electron chi connectivity index (χ4n) is 1.67. The van der Waals surface area contributed by atoms with E-state index in [9.17, 15) is 26.3 Å². The fraction of sp³-hybridized carbons (Fsp3) is 0.900. The van der Waals surface area contributed by atoms with Gasteiger partial charge in [-0.25, -0.2) is 0 Å². The van der Waals surface area contributed by atoms with Crippen molar-refractivity contribution in [1.29, 1.82) is 0 Å². The monoisotopic (exact) mass is 295 g/mol. The average Bonchev–Trinajstić information content (AvgIpc) is 2.24. The van der Waals surface area contributed by atoms with Crippen LogP contribution in [-0.2, 0) is 0 Å². The van der Waals surface area contributed by atoms with Crippen LogP contribution in [0.2, 0.25) is 0 Å². The lowest BCUT2D eigenvalue weighted by atomic mass is 9.83. The molecule has 0 radical (unpaired) electrons. The van der Waals surface area contributed by atoms with E-state index < -0.39 is 30.3 Å². The molecule has 2 N–H and O–H groups in total. The van der Waals surface area contributed by atoms with Crippen LogP contribution in [0.25, 0.3) is 0 Å². The van der Waals surface area contributed by atoms with Gasteiger partial charge >= 0.3 is 12.4 Å². The van der Waals surface area contributed by atoms with Crippen molar-refractivity contribution >= 4 is 6.21 Å². The Kier molecular flexibility index (Phi) is 6.11. The molecule has 0 aliphatic heterocycles. The van der Waals surface area contributed by atoms with Gasteiger partial charge in [0.05, 0.1) is 6.21 Å². The van der Waals surface area contributed by atoms with Gasteiger partial charge in [-0.1, -0.05) is 26.2 Å². The molecular formula is C10H15F6NO2. The highest BCUT2D eigenvalue weighted by Gasteiger charge is 2.73. The zero-order chi connectivity index (χ0) is 15.3. The Labute approximate surface area is 105 Å². The number of aliphatic hydroxyl groups is 1. The van der Waals surface area contributed by atoms with E-state index in [1.165, 1.54) is 0 Å². The third-order valence-corrected chi connectivity index (χ3v) is 2.77. The van der Waals surface area contributed by atoms with Crippen LogP contribution >= 0.6 is 0 Å². The summed E-state index contributed by atoms with van der Waals surface area (Å²) < 4.78 is 75.4. The molecule has 19 heavy (non-hydrogen) atoms. The molecule has 0 saturated carbocycles. The Hall–Kier alpha value is -0.990. The second kappa shape index (κ2) is 6.44. The molecule has 0 bridgehead atoms. The number of unbranched alkanes of at least 4 members (excludes halogenated alkanes) is 2. The van der Waals surface area contributed by atoms with E-state index in [1.54, 1.807) is 6.92 Å². The molecule has 0 spiro atoms. The largest absolute Gasteiger partial charge is 0.426 e. The third kappa shape index (κ3) is 3.99. The first-order valence-electron chi connectivity index (χ1n) is 5.55. The molecule has 0 heterocycles. The lowest BCUT2D eigenvalue weighted by Crippen LogP contribution is -2.62. The summed E-state index contributed by atoms with van der Waals surface area (Å²) in [7, 11) is 0. The minimum absolute atomic E-state index is 0.0433. The topological polar surface area (TPSA) is 52.8 Å². The Morgan fingerprint density at radius 1 is 1.05 bits per heavy atom. The highest BCUT2D eigenvalue weighted by atomic mass is 19.4. The number of rotatable bonds is 6. The first kappa shape index (κ1) is 18.0. The molecule has 0 aliphatic carbocycles. The lowest BCUT2D eigenvalue weighted by molar-refractivity contribution is -0.378. The van der Waals surface area contributed by atoms with Gasteiger partial charge in [0, 0.05) is 5.92 Å². The van der Waals surface area contributed by atoms with Crippen molar-refractivity contribution in [1.82, 2.24) is 0 Å². The smallest absolute Gasteiger partial charge is 0.411 e. The van der Waals surface area contributed by atoms with Gasteiger partial charge in [-0.05, 0) is 6.42 Å². The summed E-state index contributed by atoms with van der Waals surface area (Å²) in [5.74, 6) is -2.39. The second-order valence-electron chi connectivity index (χ2n) is 4.13. The number of halogens is 6. The maximum absolute atomic E-state index is 12.6. The fourth-order valence-corrected chi connectivity index (χ4v) is 1.67. The number of hydrogen-bond acceptors (Lipinski definition) is 3. The molecule has 0 aromatic rings. The van der Waals surface area contributed by atoms with E-state index in [4.69, 9.17) is 10.3 Å². The van der Waals surface area contributed by atoms with Crippen LogP contribution in [0.3, 0.4) is 0 Å². The van der Waals surface area contributed by atoms with Gasteiger partial charge in [-0.2, -0.15) is 26.3 Å². The quantitative estimate of drug-likeness (QED) is 0.259. The van der Waals surface area contributed by atoms with Gasteiger partial charge in [0.2, 0.25) is 0 Å². The number of alkyl halides is 6. The normalized spacial score (nSPS) is 16.0. The zero-order valence-electron chi connectivity index (χ0n) is 10.1. The Balaban J connectivity index is 5.40. The molecule has 0 aromatic carbocycles. The first-order chi connectivity index (χ1) is 8.52. The van der Waals surface area contributed by atoms with Gasteiger partial charge in [0.25, 0.3) is 5.60 Å². The van der Waals surface area contributed by atoms with Crippen LogP contribution in [0, 0.1) is 5.92 Å². The summed E-state index contributed by atoms with van der Waals surface area (Å²) >= 11 is 0. The lowest BCUT2D eigenvalue weighted by Gasteiger charge is -2.36. The highest BCUT2D eigenvalue weighted by molar-refractivity contribution is 5.62. The van der Waals surface area contributed by atoms with E-state index >= 15 is 0 Å². The van der Waals surface area contributed by atoms with Crippen molar-refractivity contribution in [3.05, 3.63) is 0 Å². The van der Waals surface area contributed by atoms with Crippen LogP contribution in [0.4, 0.5) is 26.3 Å². The average molecular weight is 295 g/mol. The summed E-state index contributed by atoms with van der Waals surface area (Å²) in [5.41, 5.74) is -4.92. The van der Waals surface area contributed by atoms with E-state index in [-0.39, 0.29) is 12.6 Å².